The molecule has 0 unspecified atom stereocenters. The van der Waals surface area contributed by atoms with Gasteiger partial charge in [0.15, 0.2) is 0 Å². The number of H-pyrrole nitrogens is 1. The van der Waals surface area contributed by atoms with Gasteiger partial charge in [0.05, 0.1) is 11.7 Å². The van der Waals surface area contributed by atoms with E-state index < -0.39 is 0 Å². The van der Waals surface area contributed by atoms with Crippen molar-refractivity contribution in [2.45, 2.75) is 63.5 Å². The molecule has 1 heterocycles. The lowest BCUT2D eigenvalue weighted by Crippen LogP contribution is -2.40. The Balaban J connectivity index is 1.24. The second-order valence-electron chi connectivity index (χ2n) is 7.75. The van der Waals surface area contributed by atoms with E-state index in [0.717, 1.165) is 47.8 Å². The van der Waals surface area contributed by atoms with Gasteiger partial charge < -0.3 is 10.6 Å². The Morgan fingerprint density at radius 3 is 2.68 bits per heavy atom. The van der Waals surface area contributed by atoms with Crippen LogP contribution in [0.3, 0.4) is 0 Å². The minimum atomic E-state index is 0.0376. The number of nitrogens with one attached hydrogen (secondary N) is 3. The van der Waals surface area contributed by atoms with E-state index in [0.29, 0.717) is 6.04 Å². The van der Waals surface area contributed by atoms with Crippen LogP contribution in [-0.4, -0.2) is 34.7 Å². The number of hydrogen-bond donors (Lipinski definition) is 3. The molecule has 0 saturated heterocycles. The maximum Gasteiger partial charge on any atom is 0.251 e. The molecule has 1 aromatic carbocycles. The predicted molar refractivity (Wildman–Crippen MR) is 99.6 cm³/mol. The summed E-state index contributed by atoms with van der Waals surface area (Å²) in [6, 6.07) is 6.77. The lowest BCUT2D eigenvalue weighted by molar-refractivity contribution is 0.0922. The molecule has 0 atom stereocenters. The standard InChI is InChI=1S/C20H28N4O/c25-20(15-7-10-19-16(11-15)13-22-24-19)23-18-8-5-14(6-9-18)12-21-17-3-1-2-4-17/h7,10-11,13-14,17-18,21H,1-6,8-9,12H2,(H,22,24)(H,23,25). The highest BCUT2D eigenvalue weighted by atomic mass is 16.1. The summed E-state index contributed by atoms with van der Waals surface area (Å²) in [7, 11) is 0. The highest BCUT2D eigenvalue weighted by Gasteiger charge is 2.24. The Labute approximate surface area is 149 Å². The number of hydrogen-bond acceptors (Lipinski definition) is 3. The van der Waals surface area contributed by atoms with Crippen molar-refractivity contribution in [3.8, 4) is 0 Å². The van der Waals surface area contributed by atoms with Gasteiger partial charge in [-0.2, -0.15) is 5.10 Å². The fourth-order valence-electron chi connectivity index (χ4n) is 4.33. The highest BCUT2D eigenvalue weighted by Crippen LogP contribution is 2.25. The SMILES string of the molecule is O=C(NC1CCC(CNC2CCCC2)CC1)c1ccc2[nH]ncc2c1. The van der Waals surface area contributed by atoms with Gasteiger partial charge in [0.25, 0.3) is 5.91 Å². The average Bonchev–Trinajstić information content (AvgIpc) is 3.32. The van der Waals surface area contributed by atoms with Gasteiger partial charge in [-0.25, -0.2) is 0 Å². The maximum absolute atomic E-state index is 12.5. The fourth-order valence-corrected chi connectivity index (χ4v) is 4.33. The second kappa shape index (κ2) is 7.56. The molecule has 1 amide bonds. The Bertz CT molecular complexity index is 711. The minimum absolute atomic E-state index is 0.0376. The minimum Gasteiger partial charge on any atom is -0.349 e. The Hall–Kier alpha value is -1.88. The van der Waals surface area contributed by atoms with Gasteiger partial charge in [-0.15, -0.1) is 0 Å². The van der Waals surface area contributed by atoms with Crippen LogP contribution in [0.5, 0.6) is 0 Å². The Morgan fingerprint density at radius 2 is 1.88 bits per heavy atom. The summed E-state index contributed by atoms with van der Waals surface area (Å²) in [4.78, 5) is 12.5. The molecule has 2 fully saturated rings. The summed E-state index contributed by atoms with van der Waals surface area (Å²) in [5, 5.41) is 14.9. The Kier molecular flexibility index (Phi) is 5.02. The van der Waals surface area contributed by atoms with Gasteiger partial charge in [-0.3, -0.25) is 9.89 Å². The average molecular weight is 340 g/mol. The van der Waals surface area contributed by atoms with E-state index in [1.54, 1.807) is 6.20 Å². The van der Waals surface area contributed by atoms with Gasteiger partial charge in [0, 0.05) is 23.0 Å². The molecule has 0 spiro atoms. The largest absolute Gasteiger partial charge is 0.349 e. The number of aromatic nitrogens is 2. The quantitative estimate of drug-likeness (QED) is 0.781. The van der Waals surface area contributed by atoms with Crippen molar-refractivity contribution >= 4 is 16.8 Å². The molecule has 2 saturated carbocycles. The van der Waals surface area contributed by atoms with E-state index >= 15 is 0 Å². The first-order chi connectivity index (χ1) is 12.3. The summed E-state index contributed by atoms with van der Waals surface area (Å²) in [5.74, 6) is 0.812. The highest BCUT2D eigenvalue weighted by molar-refractivity contribution is 5.97. The fraction of sp³-hybridized carbons (Fsp3) is 0.600. The van der Waals surface area contributed by atoms with Gasteiger partial charge in [-0.05, 0) is 69.2 Å². The van der Waals surface area contributed by atoms with E-state index in [1.807, 2.05) is 18.2 Å². The summed E-state index contributed by atoms with van der Waals surface area (Å²) in [5.41, 5.74) is 1.69. The first-order valence-electron chi connectivity index (χ1n) is 9.75. The topological polar surface area (TPSA) is 69.8 Å². The number of nitrogens with zero attached hydrogens (tertiary/aromatic N) is 1. The van der Waals surface area contributed by atoms with E-state index in [4.69, 9.17) is 0 Å². The third-order valence-electron chi connectivity index (χ3n) is 5.93. The third-order valence-corrected chi connectivity index (χ3v) is 5.93. The van der Waals surface area contributed by atoms with E-state index in [1.165, 1.54) is 38.5 Å². The van der Waals surface area contributed by atoms with Crippen LogP contribution in [0, 0.1) is 5.92 Å². The van der Waals surface area contributed by atoms with E-state index in [9.17, 15) is 4.79 Å². The number of benzene rings is 1. The molecule has 3 N–H and O–H groups in total. The van der Waals surface area contributed by atoms with Crippen LogP contribution in [0.15, 0.2) is 24.4 Å². The summed E-state index contributed by atoms with van der Waals surface area (Å²) in [6.07, 6.45) is 11.9. The van der Waals surface area contributed by atoms with Crippen molar-refractivity contribution in [2.24, 2.45) is 5.92 Å². The second-order valence-corrected chi connectivity index (χ2v) is 7.75. The number of amides is 1. The molecule has 134 valence electrons. The van der Waals surface area contributed by atoms with Gasteiger partial charge in [0.1, 0.15) is 0 Å². The molecular weight excluding hydrogens is 312 g/mol. The number of carbonyl (C=O) groups excluding carboxylic acids is 1. The molecule has 2 aliphatic carbocycles. The first-order valence-corrected chi connectivity index (χ1v) is 9.75. The molecule has 25 heavy (non-hydrogen) atoms. The molecule has 4 rings (SSSR count). The Morgan fingerprint density at radius 1 is 1.08 bits per heavy atom. The van der Waals surface area contributed by atoms with Crippen LogP contribution in [0.25, 0.3) is 10.9 Å². The van der Waals surface area contributed by atoms with Crippen LogP contribution in [-0.2, 0) is 0 Å². The van der Waals surface area contributed by atoms with Crippen LogP contribution >= 0.6 is 0 Å². The van der Waals surface area contributed by atoms with Crippen molar-refractivity contribution < 1.29 is 4.79 Å². The molecule has 2 aromatic rings. The normalized spacial score (nSPS) is 24.6. The molecule has 0 bridgehead atoms. The van der Waals surface area contributed by atoms with Gasteiger partial charge >= 0.3 is 0 Å². The number of aromatic amines is 1. The summed E-state index contributed by atoms with van der Waals surface area (Å²) in [6.45, 7) is 1.16. The number of carbonyl (C=O) groups is 1. The van der Waals surface area contributed by atoms with Gasteiger partial charge in [-0.1, -0.05) is 12.8 Å². The lowest BCUT2D eigenvalue weighted by Gasteiger charge is -2.30. The van der Waals surface area contributed by atoms with E-state index in [-0.39, 0.29) is 5.91 Å². The molecule has 0 radical (unpaired) electrons. The van der Waals surface area contributed by atoms with E-state index in [2.05, 4.69) is 20.8 Å². The first kappa shape index (κ1) is 16.6. The van der Waals surface area contributed by atoms with Crippen LogP contribution in [0.2, 0.25) is 0 Å². The van der Waals surface area contributed by atoms with Gasteiger partial charge in [0.2, 0.25) is 0 Å². The molecular formula is C20H28N4O. The number of rotatable bonds is 5. The molecule has 1 aromatic heterocycles. The summed E-state index contributed by atoms with van der Waals surface area (Å²) < 4.78 is 0. The predicted octanol–water partition coefficient (Wildman–Crippen LogP) is 3.38. The molecule has 5 heteroatoms. The zero-order valence-electron chi connectivity index (χ0n) is 14.8. The zero-order chi connectivity index (χ0) is 17.1. The van der Waals surface area contributed by atoms with Crippen molar-refractivity contribution in [3.05, 3.63) is 30.0 Å². The number of fused-ring (bicyclic) bond motifs is 1. The van der Waals surface area contributed by atoms with Crippen LogP contribution in [0.1, 0.15) is 61.7 Å². The molecule has 5 nitrogen and oxygen atoms in total. The molecule has 2 aliphatic rings. The van der Waals surface area contributed by atoms with Crippen LogP contribution in [0.4, 0.5) is 0 Å². The zero-order valence-corrected chi connectivity index (χ0v) is 14.8. The van der Waals surface area contributed by atoms with Crippen LogP contribution < -0.4 is 10.6 Å². The van der Waals surface area contributed by atoms with Crippen molar-refractivity contribution in [3.63, 3.8) is 0 Å². The lowest BCUT2D eigenvalue weighted by atomic mass is 9.85. The molecule has 0 aliphatic heterocycles. The van der Waals surface area contributed by atoms with Crippen molar-refractivity contribution in [1.29, 1.82) is 0 Å². The maximum atomic E-state index is 12.5. The van der Waals surface area contributed by atoms with Crippen molar-refractivity contribution in [2.75, 3.05) is 6.54 Å². The monoisotopic (exact) mass is 340 g/mol. The smallest absolute Gasteiger partial charge is 0.251 e. The summed E-state index contributed by atoms with van der Waals surface area (Å²) >= 11 is 0. The van der Waals surface area contributed by atoms with Crippen molar-refractivity contribution in [1.82, 2.24) is 20.8 Å². The third kappa shape index (κ3) is 4.03.